The average Bonchev–Trinajstić information content (AvgIpc) is 2.43. The summed E-state index contributed by atoms with van der Waals surface area (Å²) in [6, 6.07) is 10.4. The van der Waals surface area contributed by atoms with E-state index in [0.29, 0.717) is 13.2 Å². The van der Waals surface area contributed by atoms with Gasteiger partial charge < -0.3 is 14.4 Å². The third-order valence-electron chi connectivity index (χ3n) is 2.77. The Morgan fingerprint density at radius 3 is 2.63 bits per heavy atom. The standard InChI is InChI=1S/C15H23NO3/c1-3-19-15(17)13-18-12-11-16(2)10-9-14-7-5-4-6-8-14/h4-8H,3,9-13H2,1-2H3. The SMILES string of the molecule is CCOC(=O)COCCN(C)CCc1ccccc1. The Labute approximate surface area is 115 Å². The predicted molar refractivity (Wildman–Crippen MR) is 75.1 cm³/mol. The first kappa shape index (κ1) is 15.7. The van der Waals surface area contributed by atoms with Crippen LogP contribution in [0.1, 0.15) is 12.5 Å². The summed E-state index contributed by atoms with van der Waals surface area (Å²) in [6.45, 7) is 4.57. The van der Waals surface area contributed by atoms with Gasteiger partial charge in [0.25, 0.3) is 0 Å². The number of hydrogen-bond acceptors (Lipinski definition) is 4. The Bertz CT molecular complexity index is 354. The van der Waals surface area contributed by atoms with E-state index in [4.69, 9.17) is 9.47 Å². The van der Waals surface area contributed by atoms with Crippen LogP contribution in [0.15, 0.2) is 30.3 Å². The van der Waals surface area contributed by atoms with Gasteiger partial charge in [-0.15, -0.1) is 0 Å². The molecule has 0 bridgehead atoms. The molecule has 0 aliphatic heterocycles. The lowest BCUT2D eigenvalue weighted by Crippen LogP contribution is -2.26. The Balaban J connectivity index is 2.05. The monoisotopic (exact) mass is 265 g/mol. The molecule has 0 saturated carbocycles. The van der Waals surface area contributed by atoms with Crippen LogP contribution < -0.4 is 0 Å². The van der Waals surface area contributed by atoms with Crippen molar-refractivity contribution in [2.24, 2.45) is 0 Å². The summed E-state index contributed by atoms with van der Waals surface area (Å²) in [5, 5.41) is 0. The van der Waals surface area contributed by atoms with E-state index in [1.165, 1.54) is 5.56 Å². The van der Waals surface area contributed by atoms with E-state index in [1.54, 1.807) is 6.92 Å². The largest absolute Gasteiger partial charge is 0.464 e. The summed E-state index contributed by atoms with van der Waals surface area (Å²) in [7, 11) is 2.05. The molecule has 0 atom stereocenters. The lowest BCUT2D eigenvalue weighted by Gasteiger charge is -2.16. The zero-order valence-corrected chi connectivity index (χ0v) is 11.8. The Kier molecular flexibility index (Phi) is 7.86. The van der Waals surface area contributed by atoms with Crippen molar-refractivity contribution in [3.63, 3.8) is 0 Å². The molecule has 4 nitrogen and oxygen atoms in total. The third-order valence-corrected chi connectivity index (χ3v) is 2.77. The summed E-state index contributed by atoms with van der Waals surface area (Å²) in [5.41, 5.74) is 1.33. The van der Waals surface area contributed by atoms with Crippen LogP contribution in [0.5, 0.6) is 0 Å². The Hall–Kier alpha value is -1.39. The molecule has 0 N–H and O–H groups in total. The number of likely N-dealkylation sites (N-methyl/N-ethyl adjacent to an activating group) is 1. The Morgan fingerprint density at radius 2 is 1.95 bits per heavy atom. The van der Waals surface area contributed by atoms with Crippen LogP contribution in [0, 0.1) is 0 Å². The van der Waals surface area contributed by atoms with Crippen LogP contribution in [-0.2, 0) is 20.7 Å². The molecule has 0 radical (unpaired) electrons. The lowest BCUT2D eigenvalue weighted by molar-refractivity contribution is -0.148. The van der Waals surface area contributed by atoms with Crippen molar-refractivity contribution >= 4 is 5.97 Å². The van der Waals surface area contributed by atoms with E-state index in [0.717, 1.165) is 19.5 Å². The van der Waals surface area contributed by atoms with E-state index in [9.17, 15) is 4.79 Å². The second kappa shape index (κ2) is 9.53. The van der Waals surface area contributed by atoms with Gasteiger partial charge in [0.05, 0.1) is 13.2 Å². The molecule has 0 aliphatic rings. The molecule has 1 aromatic carbocycles. The van der Waals surface area contributed by atoms with Crippen LogP contribution in [0.2, 0.25) is 0 Å². The maximum absolute atomic E-state index is 11.0. The van der Waals surface area contributed by atoms with Gasteiger partial charge >= 0.3 is 5.97 Å². The van der Waals surface area contributed by atoms with Crippen molar-refractivity contribution in [1.29, 1.82) is 0 Å². The molecule has 0 heterocycles. The first-order valence-corrected chi connectivity index (χ1v) is 6.68. The molecular formula is C15H23NO3. The second-order valence-corrected chi connectivity index (χ2v) is 4.40. The molecular weight excluding hydrogens is 242 g/mol. The first-order valence-electron chi connectivity index (χ1n) is 6.68. The number of esters is 1. The topological polar surface area (TPSA) is 38.8 Å². The highest BCUT2D eigenvalue weighted by atomic mass is 16.6. The maximum Gasteiger partial charge on any atom is 0.332 e. The maximum atomic E-state index is 11.0. The fraction of sp³-hybridized carbons (Fsp3) is 0.533. The predicted octanol–water partition coefficient (Wildman–Crippen LogP) is 1.74. The highest BCUT2D eigenvalue weighted by Gasteiger charge is 2.03. The molecule has 0 fully saturated rings. The number of ether oxygens (including phenoxy) is 2. The van der Waals surface area contributed by atoms with Gasteiger partial charge in [0, 0.05) is 13.1 Å². The molecule has 0 aromatic heterocycles. The minimum absolute atomic E-state index is 0.0420. The second-order valence-electron chi connectivity index (χ2n) is 4.40. The summed E-state index contributed by atoms with van der Waals surface area (Å²) < 4.78 is 10.0. The van der Waals surface area contributed by atoms with Gasteiger partial charge in [-0.25, -0.2) is 4.79 Å². The van der Waals surface area contributed by atoms with Crippen molar-refractivity contribution in [1.82, 2.24) is 4.90 Å². The van der Waals surface area contributed by atoms with Gasteiger partial charge in [0.15, 0.2) is 0 Å². The number of hydrogen-bond donors (Lipinski definition) is 0. The molecule has 0 amide bonds. The summed E-state index contributed by atoms with van der Waals surface area (Å²) in [4.78, 5) is 13.2. The van der Waals surface area contributed by atoms with Crippen LogP contribution in [-0.4, -0.2) is 50.8 Å². The van der Waals surface area contributed by atoms with Crippen molar-refractivity contribution < 1.29 is 14.3 Å². The van der Waals surface area contributed by atoms with Crippen molar-refractivity contribution in [2.45, 2.75) is 13.3 Å². The molecule has 0 unspecified atom stereocenters. The molecule has 0 aliphatic carbocycles. The molecule has 0 saturated heterocycles. The van der Waals surface area contributed by atoms with Gasteiger partial charge in [0.1, 0.15) is 6.61 Å². The van der Waals surface area contributed by atoms with Crippen molar-refractivity contribution in [3.8, 4) is 0 Å². The summed E-state index contributed by atoms with van der Waals surface area (Å²) >= 11 is 0. The molecule has 0 spiro atoms. The fourth-order valence-electron chi connectivity index (χ4n) is 1.65. The highest BCUT2D eigenvalue weighted by molar-refractivity contribution is 5.70. The zero-order valence-electron chi connectivity index (χ0n) is 11.8. The van der Waals surface area contributed by atoms with Crippen molar-refractivity contribution in [3.05, 3.63) is 35.9 Å². The minimum Gasteiger partial charge on any atom is -0.464 e. The Morgan fingerprint density at radius 1 is 1.21 bits per heavy atom. The van der Waals surface area contributed by atoms with E-state index < -0.39 is 0 Å². The van der Waals surface area contributed by atoms with E-state index in [1.807, 2.05) is 6.07 Å². The zero-order chi connectivity index (χ0) is 13.9. The molecule has 1 aromatic rings. The van der Waals surface area contributed by atoms with E-state index >= 15 is 0 Å². The quantitative estimate of drug-likeness (QED) is 0.503. The van der Waals surface area contributed by atoms with Crippen LogP contribution in [0.25, 0.3) is 0 Å². The van der Waals surface area contributed by atoms with Gasteiger partial charge in [-0.3, -0.25) is 0 Å². The molecule has 106 valence electrons. The number of nitrogens with zero attached hydrogens (tertiary/aromatic N) is 1. The molecule has 1 rings (SSSR count). The number of carbonyl (C=O) groups is 1. The van der Waals surface area contributed by atoms with Crippen molar-refractivity contribution in [2.75, 3.05) is 40.0 Å². The van der Waals surface area contributed by atoms with E-state index in [-0.39, 0.29) is 12.6 Å². The minimum atomic E-state index is -0.297. The highest BCUT2D eigenvalue weighted by Crippen LogP contribution is 2.00. The third kappa shape index (κ3) is 7.59. The first-order chi connectivity index (χ1) is 9.22. The normalized spacial score (nSPS) is 10.7. The van der Waals surface area contributed by atoms with Crippen LogP contribution >= 0.6 is 0 Å². The fourth-order valence-corrected chi connectivity index (χ4v) is 1.65. The molecule has 19 heavy (non-hydrogen) atoms. The molecule has 4 heteroatoms. The average molecular weight is 265 g/mol. The van der Waals surface area contributed by atoms with Gasteiger partial charge in [-0.05, 0) is 26.0 Å². The number of benzene rings is 1. The number of rotatable bonds is 9. The van der Waals surface area contributed by atoms with Gasteiger partial charge in [0.2, 0.25) is 0 Å². The van der Waals surface area contributed by atoms with Crippen LogP contribution in [0.3, 0.4) is 0 Å². The smallest absolute Gasteiger partial charge is 0.332 e. The number of carbonyl (C=O) groups excluding carboxylic acids is 1. The van der Waals surface area contributed by atoms with Gasteiger partial charge in [-0.1, -0.05) is 30.3 Å². The van der Waals surface area contributed by atoms with Gasteiger partial charge in [-0.2, -0.15) is 0 Å². The van der Waals surface area contributed by atoms with Crippen LogP contribution in [0.4, 0.5) is 0 Å². The summed E-state index contributed by atoms with van der Waals surface area (Å²) in [5.74, 6) is -0.297. The summed E-state index contributed by atoms with van der Waals surface area (Å²) in [6.07, 6.45) is 1.02. The lowest BCUT2D eigenvalue weighted by atomic mass is 10.1. The van der Waals surface area contributed by atoms with E-state index in [2.05, 4.69) is 36.2 Å².